The van der Waals surface area contributed by atoms with Gasteiger partial charge in [0.05, 0.1) is 6.61 Å². The zero-order chi connectivity index (χ0) is 15.1. The van der Waals surface area contributed by atoms with Crippen molar-refractivity contribution in [3.8, 4) is 0 Å². The molecule has 2 heterocycles. The second kappa shape index (κ2) is 8.15. The van der Waals surface area contributed by atoms with Gasteiger partial charge in [-0.15, -0.1) is 0 Å². The van der Waals surface area contributed by atoms with Gasteiger partial charge < -0.3 is 15.0 Å². The van der Waals surface area contributed by atoms with Crippen LogP contribution in [0.5, 0.6) is 0 Å². The molecule has 116 valence electrons. The first-order chi connectivity index (χ1) is 10.2. The van der Waals surface area contributed by atoms with Gasteiger partial charge in [0, 0.05) is 32.9 Å². The molecule has 0 bridgehead atoms. The average Bonchev–Trinajstić information content (AvgIpc) is 2.48. The van der Waals surface area contributed by atoms with E-state index in [-0.39, 0.29) is 0 Å². The van der Waals surface area contributed by atoms with Gasteiger partial charge in [0.1, 0.15) is 5.82 Å². The van der Waals surface area contributed by atoms with Crippen LogP contribution in [0.1, 0.15) is 25.8 Å². The number of nitrogens with zero attached hydrogens (tertiary/aromatic N) is 2. The highest BCUT2D eigenvalue weighted by Crippen LogP contribution is 2.18. The minimum atomic E-state index is 0.678. The molecule has 0 atom stereocenters. The first-order valence-corrected chi connectivity index (χ1v) is 7.76. The summed E-state index contributed by atoms with van der Waals surface area (Å²) in [6, 6.07) is 4.29. The van der Waals surface area contributed by atoms with Crippen LogP contribution in [0.15, 0.2) is 30.0 Å². The van der Waals surface area contributed by atoms with Crippen molar-refractivity contribution in [2.24, 2.45) is 5.92 Å². The fraction of sp³-hybridized carbons (Fsp3) is 0.588. The fourth-order valence-electron chi connectivity index (χ4n) is 2.48. The highest BCUT2D eigenvalue weighted by molar-refractivity contribution is 5.43. The summed E-state index contributed by atoms with van der Waals surface area (Å²) in [5, 5.41) is 3.48. The van der Waals surface area contributed by atoms with E-state index in [2.05, 4.69) is 47.3 Å². The Morgan fingerprint density at radius 3 is 2.95 bits per heavy atom. The summed E-state index contributed by atoms with van der Waals surface area (Å²) >= 11 is 0. The third kappa shape index (κ3) is 5.14. The Morgan fingerprint density at radius 1 is 1.43 bits per heavy atom. The molecule has 1 aromatic rings. The van der Waals surface area contributed by atoms with Crippen molar-refractivity contribution in [1.29, 1.82) is 0 Å². The van der Waals surface area contributed by atoms with Crippen molar-refractivity contribution in [2.75, 3.05) is 38.3 Å². The molecule has 0 fully saturated rings. The van der Waals surface area contributed by atoms with Gasteiger partial charge in [-0.25, -0.2) is 4.98 Å². The smallest absolute Gasteiger partial charge is 0.129 e. The molecule has 4 nitrogen and oxygen atoms in total. The van der Waals surface area contributed by atoms with Gasteiger partial charge in [0.2, 0.25) is 0 Å². The summed E-state index contributed by atoms with van der Waals surface area (Å²) in [6.45, 7) is 9.10. The second-order valence-corrected chi connectivity index (χ2v) is 6.04. The molecular weight excluding hydrogens is 262 g/mol. The number of hydrogen-bond acceptors (Lipinski definition) is 4. The Kier molecular flexibility index (Phi) is 6.21. The van der Waals surface area contributed by atoms with Crippen LogP contribution in [0, 0.1) is 5.92 Å². The number of pyridine rings is 1. The number of ether oxygens (including phenoxy) is 1. The maximum atomic E-state index is 5.19. The monoisotopic (exact) mass is 289 g/mol. The van der Waals surface area contributed by atoms with Crippen LogP contribution in [0.3, 0.4) is 0 Å². The van der Waals surface area contributed by atoms with E-state index >= 15 is 0 Å². The van der Waals surface area contributed by atoms with Crippen molar-refractivity contribution < 1.29 is 4.74 Å². The summed E-state index contributed by atoms with van der Waals surface area (Å²) in [7, 11) is 1.75. The molecule has 4 heteroatoms. The normalized spacial score (nSPS) is 15.4. The van der Waals surface area contributed by atoms with E-state index in [0.29, 0.717) is 5.92 Å². The molecule has 1 aliphatic rings. The molecule has 1 N–H and O–H groups in total. The van der Waals surface area contributed by atoms with Crippen LogP contribution in [0.25, 0.3) is 0 Å². The number of nitrogens with one attached hydrogen (secondary N) is 1. The van der Waals surface area contributed by atoms with Crippen LogP contribution in [-0.4, -0.2) is 38.3 Å². The molecule has 21 heavy (non-hydrogen) atoms. The fourth-order valence-corrected chi connectivity index (χ4v) is 2.48. The third-order valence-corrected chi connectivity index (χ3v) is 3.65. The van der Waals surface area contributed by atoms with Crippen LogP contribution in [-0.2, 0) is 11.3 Å². The van der Waals surface area contributed by atoms with Crippen LogP contribution in [0.4, 0.5) is 5.82 Å². The highest BCUT2D eigenvalue weighted by Gasteiger charge is 2.13. The Bertz CT molecular complexity index is 471. The minimum absolute atomic E-state index is 0.678. The van der Waals surface area contributed by atoms with E-state index in [1.807, 2.05) is 6.20 Å². The van der Waals surface area contributed by atoms with Gasteiger partial charge in [0.15, 0.2) is 0 Å². The maximum absolute atomic E-state index is 5.19. The molecule has 0 amide bonds. The lowest BCUT2D eigenvalue weighted by atomic mass is 10.1. The van der Waals surface area contributed by atoms with Gasteiger partial charge in [0.25, 0.3) is 0 Å². The summed E-state index contributed by atoms with van der Waals surface area (Å²) in [4.78, 5) is 6.84. The first-order valence-electron chi connectivity index (χ1n) is 7.76. The van der Waals surface area contributed by atoms with Crippen LogP contribution in [0.2, 0.25) is 0 Å². The molecule has 0 aromatic carbocycles. The van der Waals surface area contributed by atoms with E-state index in [9.17, 15) is 0 Å². The predicted octanol–water partition coefficient (Wildman–Crippen LogP) is 2.61. The number of rotatable bonds is 7. The molecule has 0 unspecified atom stereocenters. The molecule has 0 radical (unpaired) electrons. The van der Waals surface area contributed by atoms with Gasteiger partial charge in [-0.05, 0) is 42.2 Å². The molecule has 2 rings (SSSR count). The Labute approximate surface area is 128 Å². The number of hydrogen-bond donors (Lipinski definition) is 1. The van der Waals surface area contributed by atoms with Gasteiger partial charge in [-0.1, -0.05) is 19.9 Å². The van der Waals surface area contributed by atoms with E-state index in [4.69, 9.17) is 4.74 Å². The largest absolute Gasteiger partial charge is 0.380 e. The summed E-state index contributed by atoms with van der Waals surface area (Å²) < 4.78 is 5.19. The predicted molar refractivity (Wildman–Crippen MR) is 87.6 cm³/mol. The van der Waals surface area contributed by atoms with Crippen LogP contribution < -0.4 is 10.2 Å². The number of aromatic nitrogens is 1. The standard InChI is InChI=1S/C17H27N3O/c1-14(2)11-18-12-16-4-7-19-17(10-16)20-8-5-15(6-9-20)13-21-3/h4-5,7,10,14,18H,6,8-9,11-13H2,1-3H3. The van der Waals surface area contributed by atoms with Crippen molar-refractivity contribution in [2.45, 2.75) is 26.8 Å². The maximum Gasteiger partial charge on any atom is 0.129 e. The molecular formula is C17H27N3O. The average molecular weight is 289 g/mol. The van der Waals surface area contributed by atoms with E-state index < -0.39 is 0 Å². The lowest BCUT2D eigenvalue weighted by molar-refractivity contribution is 0.222. The van der Waals surface area contributed by atoms with Crippen molar-refractivity contribution in [3.05, 3.63) is 35.5 Å². The quantitative estimate of drug-likeness (QED) is 0.783. The molecule has 0 saturated carbocycles. The molecule has 0 spiro atoms. The zero-order valence-corrected chi connectivity index (χ0v) is 13.4. The van der Waals surface area contributed by atoms with Gasteiger partial charge in [-0.3, -0.25) is 0 Å². The third-order valence-electron chi connectivity index (χ3n) is 3.65. The van der Waals surface area contributed by atoms with Crippen LogP contribution >= 0.6 is 0 Å². The number of anilines is 1. The Hall–Kier alpha value is -1.39. The number of methoxy groups -OCH3 is 1. The Balaban J connectivity index is 1.92. The summed E-state index contributed by atoms with van der Waals surface area (Å²) in [6.07, 6.45) is 5.24. The van der Waals surface area contributed by atoms with E-state index in [1.54, 1.807) is 7.11 Å². The minimum Gasteiger partial charge on any atom is -0.380 e. The molecule has 0 aliphatic carbocycles. The van der Waals surface area contributed by atoms with E-state index in [0.717, 1.165) is 45.0 Å². The van der Waals surface area contributed by atoms with E-state index in [1.165, 1.54) is 11.1 Å². The first kappa shape index (κ1) is 16.0. The molecule has 0 saturated heterocycles. The highest BCUT2D eigenvalue weighted by atomic mass is 16.5. The topological polar surface area (TPSA) is 37.4 Å². The zero-order valence-electron chi connectivity index (χ0n) is 13.4. The lowest BCUT2D eigenvalue weighted by Crippen LogP contribution is -2.30. The second-order valence-electron chi connectivity index (χ2n) is 6.04. The van der Waals surface area contributed by atoms with Gasteiger partial charge in [-0.2, -0.15) is 0 Å². The van der Waals surface area contributed by atoms with Crippen molar-refractivity contribution >= 4 is 5.82 Å². The van der Waals surface area contributed by atoms with Gasteiger partial charge >= 0.3 is 0 Å². The Morgan fingerprint density at radius 2 is 2.29 bits per heavy atom. The molecule has 1 aliphatic heterocycles. The summed E-state index contributed by atoms with van der Waals surface area (Å²) in [5.74, 6) is 1.75. The summed E-state index contributed by atoms with van der Waals surface area (Å²) in [5.41, 5.74) is 2.69. The lowest BCUT2D eigenvalue weighted by Gasteiger charge is -2.27. The molecule has 1 aromatic heterocycles. The SMILES string of the molecule is COCC1=CCN(c2cc(CNCC(C)C)ccn2)CC1. The van der Waals surface area contributed by atoms with Crippen molar-refractivity contribution in [3.63, 3.8) is 0 Å². The van der Waals surface area contributed by atoms with Crippen molar-refractivity contribution in [1.82, 2.24) is 10.3 Å².